The summed E-state index contributed by atoms with van der Waals surface area (Å²) >= 11 is 1.32. The molecule has 1 unspecified atom stereocenters. The van der Waals surface area contributed by atoms with Gasteiger partial charge in [-0.2, -0.15) is 0 Å². The molecule has 1 saturated heterocycles. The van der Waals surface area contributed by atoms with E-state index in [1.807, 2.05) is 38.1 Å². The predicted molar refractivity (Wildman–Crippen MR) is 153 cm³/mol. The van der Waals surface area contributed by atoms with E-state index in [0.29, 0.717) is 51.4 Å². The topological polar surface area (TPSA) is 106 Å². The molecule has 0 bridgehead atoms. The second-order valence-electron chi connectivity index (χ2n) is 9.45. The van der Waals surface area contributed by atoms with Crippen LogP contribution < -0.4 is 14.4 Å². The highest BCUT2D eigenvalue weighted by molar-refractivity contribution is 7.22. The van der Waals surface area contributed by atoms with Crippen molar-refractivity contribution < 1.29 is 24.2 Å². The van der Waals surface area contributed by atoms with Gasteiger partial charge in [0.15, 0.2) is 22.4 Å². The molecule has 1 aliphatic heterocycles. The lowest BCUT2D eigenvalue weighted by molar-refractivity contribution is -0.132. The second kappa shape index (κ2) is 9.80. The van der Waals surface area contributed by atoms with Crippen LogP contribution in [0.1, 0.15) is 35.5 Å². The number of pyridine rings is 1. The van der Waals surface area contributed by atoms with Crippen molar-refractivity contribution in [1.29, 1.82) is 0 Å². The fourth-order valence-corrected chi connectivity index (χ4v) is 6.21. The molecule has 3 aromatic heterocycles. The number of thiazole rings is 1. The average Bonchev–Trinajstić information content (AvgIpc) is 3.59. The van der Waals surface area contributed by atoms with E-state index in [2.05, 4.69) is 4.98 Å². The summed E-state index contributed by atoms with van der Waals surface area (Å²) in [6.45, 7) is 6.04. The molecule has 5 aromatic rings. The van der Waals surface area contributed by atoms with Crippen LogP contribution >= 0.6 is 11.3 Å². The molecule has 0 saturated carbocycles. The summed E-state index contributed by atoms with van der Waals surface area (Å²) in [7, 11) is 1.52. The molecule has 0 radical (unpaired) electrons. The van der Waals surface area contributed by atoms with Gasteiger partial charge in [-0.25, -0.2) is 9.97 Å². The smallest absolute Gasteiger partial charge is 0.301 e. The van der Waals surface area contributed by atoms with Crippen LogP contribution in [0.3, 0.4) is 0 Å². The fraction of sp³-hybridized carbons (Fsp3) is 0.200. The zero-order valence-corrected chi connectivity index (χ0v) is 23.2. The molecule has 1 amide bonds. The van der Waals surface area contributed by atoms with Crippen molar-refractivity contribution in [2.24, 2.45) is 0 Å². The van der Waals surface area contributed by atoms with E-state index >= 15 is 0 Å². The Morgan fingerprint density at radius 1 is 1.05 bits per heavy atom. The van der Waals surface area contributed by atoms with Crippen molar-refractivity contribution in [1.82, 2.24) is 14.4 Å². The van der Waals surface area contributed by atoms with E-state index in [1.54, 1.807) is 47.9 Å². The van der Waals surface area contributed by atoms with Crippen molar-refractivity contribution in [3.63, 3.8) is 0 Å². The van der Waals surface area contributed by atoms with Crippen LogP contribution in [-0.2, 0) is 9.59 Å². The molecule has 1 aliphatic rings. The molecule has 40 heavy (non-hydrogen) atoms. The SMILES string of the molecule is CCOc1ccc(C2/C(=C(\O)c3c(C)nc4ccccn34)C(=O)C(=O)N2c2nc3ccc(C)cc3s2)cc1OC. The summed E-state index contributed by atoms with van der Waals surface area (Å²) in [4.78, 5) is 38.0. The Hall–Kier alpha value is -4.70. The minimum Gasteiger partial charge on any atom is -0.505 e. The monoisotopic (exact) mass is 554 g/mol. The number of anilines is 1. The van der Waals surface area contributed by atoms with Gasteiger partial charge < -0.3 is 14.6 Å². The Labute approximate surface area is 233 Å². The fourth-order valence-electron chi connectivity index (χ4n) is 5.12. The Bertz CT molecular complexity index is 1850. The molecule has 1 atom stereocenters. The van der Waals surface area contributed by atoms with Gasteiger partial charge in [0.25, 0.3) is 5.78 Å². The highest BCUT2D eigenvalue weighted by Gasteiger charge is 2.49. The predicted octanol–water partition coefficient (Wildman–Crippen LogP) is 5.59. The third kappa shape index (κ3) is 3.99. The lowest BCUT2D eigenvalue weighted by Gasteiger charge is -2.24. The standard InChI is InChI=1S/C30H26N4O5S/c1-5-39-20-12-10-18(15-21(20)38-4)26-24(27(35)25-17(3)31-23-8-6-7-13-33(23)25)28(36)29(37)34(26)30-32-19-11-9-16(2)14-22(19)40-30/h6-15,26,35H,5H2,1-4H3/b27-24+. The molecule has 1 N–H and O–H groups in total. The lowest BCUT2D eigenvalue weighted by Crippen LogP contribution is -2.29. The van der Waals surface area contributed by atoms with Gasteiger partial charge in [0.1, 0.15) is 11.3 Å². The quantitative estimate of drug-likeness (QED) is 0.166. The van der Waals surface area contributed by atoms with Gasteiger partial charge in [0.05, 0.1) is 41.2 Å². The maximum Gasteiger partial charge on any atom is 0.301 e. The van der Waals surface area contributed by atoms with Gasteiger partial charge in [0, 0.05) is 6.20 Å². The summed E-state index contributed by atoms with van der Waals surface area (Å²) < 4.78 is 13.9. The van der Waals surface area contributed by atoms with Crippen molar-refractivity contribution in [2.45, 2.75) is 26.8 Å². The molecule has 9 nitrogen and oxygen atoms in total. The molecule has 10 heteroatoms. The highest BCUT2D eigenvalue weighted by Crippen LogP contribution is 2.46. The van der Waals surface area contributed by atoms with Gasteiger partial charge in [-0.05, 0) is 68.3 Å². The Kier molecular flexibility index (Phi) is 6.26. The normalized spacial score (nSPS) is 16.8. The minimum atomic E-state index is -0.972. The Balaban J connectivity index is 1.61. The maximum atomic E-state index is 13.7. The molecule has 2 aromatic carbocycles. The van der Waals surface area contributed by atoms with Crippen molar-refractivity contribution >= 4 is 49.8 Å². The van der Waals surface area contributed by atoms with Crippen LogP contribution in [0.25, 0.3) is 21.6 Å². The number of fused-ring (bicyclic) bond motifs is 2. The number of aliphatic hydroxyl groups excluding tert-OH is 1. The van der Waals surface area contributed by atoms with Crippen LogP contribution in [0.2, 0.25) is 0 Å². The number of ketones is 1. The summed E-state index contributed by atoms with van der Waals surface area (Å²) in [5, 5.41) is 12.1. The zero-order valence-electron chi connectivity index (χ0n) is 22.3. The first-order valence-corrected chi connectivity index (χ1v) is 13.6. The first-order valence-electron chi connectivity index (χ1n) is 12.7. The molecule has 202 valence electrons. The van der Waals surface area contributed by atoms with Crippen molar-refractivity contribution in [3.8, 4) is 11.5 Å². The molecule has 6 rings (SSSR count). The number of hydrogen-bond donors (Lipinski definition) is 1. The number of hydrogen-bond acceptors (Lipinski definition) is 8. The van der Waals surface area contributed by atoms with Gasteiger partial charge >= 0.3 is 5.91 Å². The third-order valence-corrected chi connectivity index (χ3v) is 7.93. The van der Waals surface area contributed by atoms with E-state index in [1.165, 1.54) is 23.3 Å². The van der Waals surface area contributed by atoms with Crippen molar-refractivity contribution in [2.75, 3.05) is 18.6 Å². The number of Topliss-reactive ketones (excluding diaryl/α,β-unsaturated/α-hetero) is 1. The number of rotatable bonds is 6. The van der Waals surface area contributed by atoms with Crippen LogP contribution in [0, 0.1) is 13.8 Å². The molecular weight excluding hydrogens is 528 g/mol. The number of carbonyl (C=O) groups is 2. The molecule has 0 aliphatic carbocycles. The molecule has 0 spiro atoms. The van der Waals surface area contributed by atoms with E-state index in [-0.39, 0.29) is 11.3 Å². The van der Waals surface area contributed by atoms with E-state index in [9.17, 15) is 14.7 Å². The molecule has 4 heterocycles. The number of aromatic nitrogens is 3. The average molecular weight is 555 g/mol. The number of nitrogens with zero attached hydrogens (tertiary/aromatic N) is 4. The first-order chi connectivity index (χ1) is 19.3. The maximum absolute atomic E-state index is 13.7. The van der Waals surface area contributed by atoms with Crippen LogP contribution in [0.5, 0.6) is 11.5 Å². The Morgan fingerprint density at radius 3 is 2.65 bits per heavy atom. The molecule has 1 fully saturated rings. The number of methoxy groups -OCH3 is 1. The number of imidazole rings is 1. The summed E-state index contributed by atoms with van der Waals surface area (Å²) in [5.41, 5.74) is 3.75. The van der Waals surface area contributed by atoms with Crippen molar-refractivity contribution in [3.05, 3.63) is 88.9 Å². The van der Waals surface area contributed by atoms with Gasteiger partial charge in [-0.3, -0.25) is 18.9 Å². The lowest BCUT2D eigenvalue weighted by atomic mass is 9.96. The Morgan fingerprint density at radius 2 is 1.88 bits per heavy atom. The number of aliphatic hydroxyl groups is 1. The van der Waals surface area contributed by atoms with E-state index in [4.69, 9.17) is 14.5 Å². The van der Waals surface area contributed by atoms with Gasteiger partial charge in [0.2, 0.25) is 0 Å². The summed E-state index contributed by atoms with van der Waals surface area (Å²) in [5.74, 6) is -0.931. The number of ether oxygens (including phenoxy) is 2. The number of amides is 1. The number of benzene rings is 2. The first kappa shape index (κ1) is 25.6. The summed E-state index contributed by atoms with van der Waals surface area (Å²) in [6, 6.07) is 15.5. The minimum absolute atomic E-state index is 0.0552. The number of aryl methyl sites for hydroxylation is 2. The third-order valence-electron chi connectivity index (χ3n) is 6.91. The zero-order chi connectivity index (χ0) is 28.1. The number of carbonyl (C=O) groups excluding carboxylic acids is 2. The largest absolute Gasteiger partial charge is 0.505 e. The van der Waals surface area contributed by atoms with Crippen LogP contribution in [0.4, 0.5) is 5.13 Å². The van der Waals surface area contributed by atoms with E-state index in [0.717, 1.165) is 10.3 Å². The van der Waals surface area contributed by atoms with Gasteiger partial charge in [-0.1, -0.05) is 29.5 Å². The van der Waals surface area contributed by atoms with Crippen LogP contribution in [-0.4, -0.2) is 44.9 Å². The highest BCUT2D eigenvalue weighted by atomic mass is 32.1. The van der Waals surface area contributed by atoms with Gasteiger partial charge in [-0.15, -0.1) is 0 Å². The second-order valence-corrected chi connectivity index (χ2v) is 10.5. The van der Waals surface area contributed by atoms with Crippen LogP contribution in [0.15, 0.2) is 66.4 Å². The van der Waals surface area contributed by atoms with E-state index < -0.39 is 17.7 Å². The summed E-state index contributed by atoms with van der Waals surface area (Å²) in [6.07, 6.45) is 1.76. The molecular formula is C30H26N4O5S.